The van der Waals surface area contributed by atoms with E-state index in [-0.39, 0.29) is 23.7 Å². The lowest BCUT2D eigenvalue weighted by Crippen LogP contribution is -2.53. The molecule has 1 aromatic carbocycles. The van der Waals surface area contributed by atoms with E-state index in [1.165, 1.54) is 18.6 Å². The molecule has 1 aliphatic heterocycles. The van der Waals surface area contributed by atoms with Gasteiger partial charge in [0.15, 0.2) is 0 Å². The van der Waals surface area contributed by atoms with Crippen molar-refractivity contribution in [2.45, 2.75) is 70.0 Å². The van der Waals surface area contributed by atoms with Crippen LogP contribution in [0.5, 0.6) is 0 Å². The smallest absolute Gasteiger partial charge is 0.243 e. The van der Waals surface area contributed by atoms with Crippen molar-refractivity contribution >= 4 is 11.8 Å². The summed E-state index contributed by atoms with van der Waals surface area (Å²) in [5.41, 5.74) is 0.849. The van der Waals surface area contributed by atoms with Crippen molar-refractivity contribution in [1.29, 1.82) is 0 Å². The van der Waals surface area contributed by atoms with Gasteiger partial charge in [-0.3, -0.25) is 9.59 Å². The average molecular weight is 332 g/mol. The molecule has 130 valence electrons. The lowest BCUT2D eigenvalue weighted by Gasteiger charge is -2.36. The molecule has 0 radical (unpaired) electrons. The highest BCUT2D eigenvalue weighted by Gasteiger charge is 2.34. The van der Waals surface area contributed by atoms with Crippen molar-refractivity contribution in [3.63, 3.8) is 0 Å². The summed E-state index contributed by atoms with van der Waals surface area (Å²) in [6, 6.07) is 5.97. The van der Waals surface area contributed by atoms with E-state index in [0.29, 0.717) is 19.4 Å². The molecule has 2 fully saturated rings. The summed E-state index contributed by atoms with van der Waals surface area (Å²) in [6.45, 7) is 0.363. The fourth-order valence-electron chi connectivity index (χ4n) is 3.72. The Morgan fingerprint density at radius 1 is 1.08 bits per heavy atom. The topological polar surface area (TPSA) is 49.4 Å². The van der Waals surface area contributed by atoms with Crippen LogP contribution in [-0.2, 0) is 16.1 Å². The van der Waals surface area contributed by atoms with Gasteiger partial charge in [-0.1, -0.05) is 31.4 Å². The van der Waals surface area contributed by atoms with Crippen LogP contribution >= 0.6 is 0 Å². The number of piperidine rings is 1. The van der Waals surface area contributed by atoms with Gasteiger partial charge in [-0.25, -0.2) is 4.39 Å². The van der Waals surface area contributed by atoms with E-state index in [0.717, 1.165) is 37.7 Å². The van der Waals surface area contributed by atoms with Crippen molar-refractivity contribution in [3.05, 3.63) is 35.6 Å². The zero-order valence-electron chi connectivity index (χ0n) is 14.0. The lowest BCUT2D eigenvalue weighted by molar-refractivity contribution is -0.144. The van der Waals surface area contributed by atoms with E-state index in [4.69, 9.17) is 0 Å². The second-order valence-corrected chi connectivity index (χ2v) is 6.90. The standard InChI is InChI=1S/C19H25FN2O2/c20-15-11-9-14(10-12-15)13-22-17(7-4-8-18(22)23)19(24)21-16-5-2-1-3-6-16/h9-12,16-17H,1-8,13H2,(H,21,24). The molecule has 1 atom stereocenters. The van der Waals surface area contributed by atoms with Crippen molar-refractivity contribution in [2.24, 2.45) is 0 Å². The Hall–Kier alpha value is -1.91. The molecule has 2 amide bonds. The SMILES string of the molecule is O=C(NC1CCCCC1)C1CCCC(=O)N1Cc1ccc(F)cc1. The van der Waals surface area contributed by atoms with E-state index >= 15 is 0 Å². The molecule has 3 rings (SSSR count). The van der Waals surface area contributed by atoms with Crippen LogP contribution in [0.2, 0.25) is 0 Å². The van der Waals surface area contributed by atoms with E-state index in [2.05, 4.69) is 5.32 Å². The van der Waals surface area contributed by atoms with Crippen LogP contribution in [0.4, 0.5) is 4.39 Å². The summed E-state index contributed by atoms with van der Waals surface area (Å²) in [5, 5.41) is 3.14. The van der Waals surface area contributed by atoms with Crippen LogP contribution in [0.15, 0.2) is 24.3 Å². The van der Waals surface area contributed by atoms with Gasteiger partial charge in [0.2, 0.25) is 11.8 Å². The molecule has 1 heterocycles. The molecule has 0 aromatic heterocycles. The average Bonchev–Trinajstić information content (AvgIpc) is 2.59. The number of likely N-dealkylation sites (tertiary alicyclic amines) is 1. The quantitative estimate of drug-likeness (QED) is 0.921. The number of nitrogens with zero attached hydrogens (tertiary/aromatic N) is 1. The fraction of sp³-hybridized carbons (Fsp3) is 0.579. The summed E-state index contributed by atoms with van der Waals surface area (Å²) in [5.74, 6) is -0.318. The second kappa shape index (κ2) is 7.77. The molecule has 1 aliphatic carbocycles. The third-order valence-corrected chi connectivity index (χ3v) is 5.09. The third kappa shape index (κ3) is 4.13. The van der Waals surface area contributed by atoms with Crippen molar-refractivity contribution < 1.29 is 14.0 Å². The number of benzene rings is 1. The Labute approximate surface area is 142 Å². The Morgan fingerprint density at radius 2 is 1.79 bits per heavy atom. The number of hydrogen-bond acceptors (Lipinski definition) is 2. The van der Waals surface area contributed by atoms with Gasteiger partial charge in [0.1, 0.15) is 11.9 Å². The van der Waals surface area contributed by atoms with Gasteiger partial charge < -0.3 is 10.2 Å². The number of halogens is 1. The maximum absolute atomic E-state index is 13.1. The van der Waals surface area contributed by atoms with Crippen LogP contribution in [0.3, 0.4) is 0 Å². The number of hydrogen-bond donors (Lipinski definition) is 1. The molecular formula is C19H25FN2O2. The van der Waals surface area contributed by atoms with Gasteiger partial charge in [-0.2, -0.15) is 0 Å². The van der Waals surface area contributed by atoms with Gasteiger partial charge in [0.25, 0.3) is 0 Å². The summed E-state index contributed by atoms with van der Waals surface area (Å²) in [7, 11) is 0. The van der Waals surface area contributed by atoms with Crippen LogP contribution in [0.1, 0.15) is 56.9 Å². The molecule has 0 bridgehead atoms. The molecule has 1 aromatic rings. The Morgan fingerprint density at radius 3 is 2.50 bits per heavy atom. The highest BCUT2D eigenvalue weighted by molar-refractivity contribution is 5.88. The number of rotatable bonds is 4. The van der Waals surface area contributed by atoms with Gasteiger partial charge >= 0.3 is 0 Å². The maximum Gasteiger partial charge on any atom is 0.243 e. The first kappa shape index (κ1) is 16.9. The summed E-state index contributed by atoms with van der Waals surface area (Å²) in [4.78, 5) is 26.7. The number of amides is 2. The van der Waals surface area contributed by atoms with E-state index in [1.807, 2.05) is 0 Å². The zero-order valence-corrected chi connectivity index (χ0v) is 14.0. The molecule has 0 spiro atoms. The van der Waals surface area contributed by atoms with Crippen molar-refractivity contribution in [3.8, 4) is 0 Å². The van der Waals surface area contributed by atoms with E-state index in [9.17, 15) is 14.0 Å². The second-order valence-electron chi connectivity index (χ2n) is 6.90. The predicted molar refractivity (Wildman–Crippen MR) is 89.6 cm³/mol. The molecule has 1 saturated heterocycles. The molecule has 24 heavy (non-hydrogen) atoms. The molecule has 1 unspecified atom stereocenters. The normalized spacial score (nSPS) is 22.5. The van der Waals surface area contributed by atoms with Crippen molar-refractivity contribution in [1.82, 2.24) is 10.2 Å². The van der Waals surface area contributed by atoms with Gasteiger partial charge in [0.05, 0.1) is 0 Å². The number of carbonyl (C=O) groups is 2. The van der Waals surface area contributed by atoms with Gasteiger partial charge in [0, 0.05) is 19.0 Å². The summed E-state index contributed by atoms with van der Waals surface area (Å²) in [6.07, 6.45) is 7.56. The molecule has 1 saturated carbocycles. The first-order valence-electron chi connectivity index (χ1n) is 8.98. The highest BCUT2D eigenvalue weighted by atomic mass is 19.1. The van der Waals surface area contributed by atoms with Crippen LogP contribution in [0, 0.1) is 5.82 Å². The molecule has 4 nitrogen and oxygen atoms in total. The van der Waals surface area contributed by atoms with Crippen LogP contribution < -0.4 is 5.32 Å². The maximum atomic E-state index is 13.1. The van der Waals surface area contributed by atoms with Gasteiger partial charge in [-0.05, 0) is 43.4 Å². The summed E-state index contributed by atoms with van der Waals surface area (Å²) < 4.78 is 13.1. The number of nitrogens with one attached hydrogen (secondary N) is 1. The summed E-state index contributed by atoms with van der Waals surface area (Å²) >= 11 is 0. The molecule has 2 aliphatic rings. The van der Waals surface area contributed by atoms with Crippen LogP contribution in [-0.4, -0.2) is 28.8 Å². The molecule has 1 N–H and O–H groups in total. The zero-order chi connectivity index (χ0) is 16.9. The minimum absolute atomic E-state index is 0.00868. The first-order valence-corrected chi connectivity index (χ1v) is 8.98. The van der Waals surface area contributed by atoms with E-state index < -0.39 is 6.04 Å². The third-order valence-electron chi connectivity index (χ3n) is 5.09. The van der Waals surface area contributed by atoms with E-state index in [1.54, 1.807) is 17.0 Å². The Bertz CT molecular complexity index is 582. The minimum atomic E-state index is -0.404. The Kier molecular flexibility index (Phi) is 5.48. The first-order chi connectivity index (χ1) is 11.6. The monoisotopic (exact) mass is 332 g/mol. The van der Waals surface area contributed by atoms with Crippen LogP contribution in [0.25, 0.3) is 0 Å². The number of carbonyl (C=O) groups excluding carboxylic acids is 2. The minimum Gasteiger partial charge on any atom is -0.352 e. The van der Waals surface area contributed by atoms with Crippen molar-refractivity contribution in [2.75, 3.05) is 0 Å². The fourth-order valence-corrected chi connectivity index (χ4v) is 3.72. The molecular weight excluding hydrogens is 307 g/mol. The lowest BCUT2D eigenvalue weighted by atomic mass is 9.94. The highest BCUT2D eigenvalue weighted by Crippen LogP contribution is 2.23. The Balaban J connectivity index is 1.67. The largest absolute Gasteiger partial charge is 0.352 e. The predicted octanol–water partition coefficient (Wildman–Crippen LogP) is 3.16. The molecule has 5 heteroatoms. The van der Waals surface area contributed by atoms with Gasteiger partial charge in [-0.15, -0.1) is 0 Å².